The number of aromatic nitrogens is 1. The van der Waals surface area contributed by atoms with Crippen LogP contribution in [0.5, 0.6) is 0 Å². The highest BCUT2D eigenvalue weighted by atomic mass is 35.5. The Bertz CT molecular complexity index is 698. The summed E-state index contributed by atoms with van der Waals surface area (Å²) in [6.45, 7) is 2.04. The number of anilines is 1. The van der Waals surface area contributed by atoms with E-state index in [2.05, 4.69) is 9.71 Å². The highest BCUT2D eigenvalue weighted by molar-refractivity contribution is 7.89. The van der Waals surface area contributed by atoms with Crippen molar-refractivity contribution < 1.29 is 8.42 Å². The van der Waals surface area contributed by atoms with Gasteiger partial charge < -0.3 is 5.73 Å². The van der Waals surface area contributed by atoms with Crippen molar-refractivity contribution in [2.75, 3.05) is 5.73 Å². The lowest BCUT2D eigenvalue weighted by Gasteiger charge is -2.08. The third-order valence-electron chi connectivity index (χ3n) is 2.37. The van der Waals surface area contributed by atoms with Crippen LogP contribution in [-0.2, 0) is 16.6 Å². The van der Waals surface area contributed by atoms with Crippen molar-refractivity contribution in [3.05, 3.63) is 39.3 Å². The van der Waals surface area contributed by atoms with Crippen LogP contribution in [0.2, 0.25) is 5.02 Å². The van der Waals surface area contributed by atoms with Gasteiger partial charge in [0.1, 0.15) is 4.90 Å². The zero-order valence-electron chi connectivity index (χ0n) is 10.1. The fourth-order valence-electron chi connectivity index (χ4n) is 1.47. The standard InChI is InChI=1S/C11H12ClN3O2S2/c1-7-14-5-9(18-7)6-15-19(16,17)11-4-8(12)2-3-10(11)13/h2-5,15H,6,13H2,1H3. The molecule has 3 N–H and O–H groups in total. The molecule has 19 heavy (non-hydrogen) atoms. The lowest BCUT2D eigenvalue weighted by atomic mass is 10.3. The average molecular weight is 318 g/mol. The van der Waals surface area contributed by atoms with Gasteiger partial charge in [-0.1, -0.05) is 11.6 Å². The van der Waals surface area contributed by atoms with Gasteiger partial charge in [-0.15, -0.1) is 11.3 Å². The van der Waals surface area contributed by atoms with Gasteiger partial charge in [0.25, 0.3) is 0 Å². The van der Waals surface area contributed by atoms with Crippen LogP contribution in [0.1, 0.15) is 9.88 Å². The molecule has 102 valence electrons. The highest BCUT2D eigenvalue weighted by Crippen LogP contribution is 2.23. The van der Waals surface area contributed by atoms with E-state index in [0.29, 0.717) is 5.02 Å². The minimum absolute atomic E-state index is 0.0127. The number of thiazole rings is 1. The van der Waals surface area contributed by atoms with Crippen molar-refractivity contribution in [3.8, 4) is 0 Å². The van der Waals surface area contributed by atoms with E-state index in [9.17, 15) is 8.42 Å². The number of halogens is 1. The first kappa shape index (κ1) is 14.3. The number of hydrogen-bond donors (Lipinski definition) is 2. The average Bonchev–Trinajstić information content (AvgIpc) is 2.76. The van der Waals surface area contributed by atoms with Gasteiger partial charge in [-0.05, 0) is 25.1 Å². The predicted octanol–water partition coefficient (Wildman–Crippen LogP) is 2.17. The maximum absolute atomic E-state index is 12.1. The predicted molar refractivity (Wildman–Crippen MR) is 76.7 cm³/mol. The number of aryl methyl sites for hydroxylation is 1. The van der Waals surface area contributed by atoms with E-state index in [0.717, 1.165) is 9.88 Å². The molecule has 0 aliphatic rings. The molecule has 1 aromatic heterocycles. The van der Waals surface area contributed by atoms with Crippen molar-refractivity contribution in [1.29, 1.82) is 0 Å². The van der Waals surface area contributed by atoms with Crippen molar-refractivity contribution in [1.82, 2.24) is 9.71 Å². The van der Waals surface area contributed by atoms with Crippen molar-refractivity contribution in [2.45, 2.75) is 18.4 Å². The molecule has 0 spiro atoms. The van der Waals surface area contributed by atoms with Gasteiger partial charge >= 0.3 is 0 Å². The van der Waals surface area contributed by atoms with E-state index in [-0.39, 0.29) is 17.1 Å². The van der Waals surface area contributed by atoms with Crippen molar-refractivity contribution in [3.63, 3.8) is 0 Å². The molecule has 8 heteroatoms. The molecule has 0 bridgehead atoms. The summed E-state index contributed by atoms with van der Waals surface area (Å²) < 4.78 is 26.7. The summed E-state index contributed by atoms with van der Waals surface area (Å²) in [4.78, 5) is 4.88. The van der Waals surface area contributed by atoms with Crippen molar-refractivity contribution in [2.24, 2.45) is 0 Å². The summed E-state index contributed by atoms with van der Waals surface area (Å²) >= 11 is 7.22. The molecule has 0 atom stereocenters. The first-order valence-corrected chi connectivity index (χ1v) is 8.02. The summed E-state index contributed by atoms with van der Waals surface area (Å²) in [5, 5.41) is 1.21. The van der Waals surface area contributed by atoms with Crippen LogP contribution in [0.25, 0.3) is 0 Å². The maximum atomic E-state index is 12.1. The lowest BCUT2D eigenvalue weighted by Crippen LogP contribution is -2.23. The smallest absolute Gasteiger partial charge is 0.242 e. The molecule has 0 amide bonds. The summed E-state index contributed by atoms with van der Waals surface area (Å²) in [6.07, 6.45) is 1.64. The van der Waals surface area contributed by atoms with Gasteiger partial charge in [0.15, 0.2) is 0 Å². The number of nitrogens with zero attached hydrogens (tertiary/aromatic N) is 1. The molecule has 0 aliphatic carbocycles. The SMILES string of the molecule is Cc1ncc(CNS(=O)(=O)c2cc(Cl)ccc2N)s1. The van der Waals surface area contributed by atoms with E-state index < -0.39 is 10.0 Å². The van der Waals surface area contributed by atoms with E-state index >= 15 is 0 Å². The number of nitrogens with one attached hydrogen (secondary N) is 1. The van der Waals surface area contributed by atoms with Crippen LogP contribution in [0.4, 0.5) is 5.69 Å². The van der Waals surface area contributed by atoms with E-state index in [1.54, 1.807) is 12.3 Å². The Morgan fingerprint density at radius 3 is 2.84 bits per heavy atom. The van der Waals surface area contributed by atoms with Gasteiger partial charge in [-0.25, -0.2) is 18.1 Å². The number of hydrogen-bond acceptors (Lipinski definition) is 5. The van der Waals surface area contributed by atoms with Gasteiger partial charge in [0, 0.05) is 22.6 Å². The first-order valence-electron chi connectivity index (χ1n) is 5.34. The zero-order chi connectivity index (χ0) is 14.0. The summed E-state index contributed by atoms with van der Waals surface area (Å²) in [6, 6.07) is 4.34. The van der Waals surface area contributed by atoms with Crippen LogP contribution in [-0.4, -0.2) is 13.4 Å². The molecular formula is C11H12ClN3O2S2. The second-order valence-corrected chi connectivity index (χ2v) is 7.34. The second kappa shape index (κ2) is 5.46. The van der Waals surface area contributed by atoms with E-state index in [1.165, 1.54) is 23.5 Å². The van der Waals surface area contributed by atoms with Gasteiger partial charge in [-0.2, -0.15) is 0 Å². The van der Waals surface area contributed by atoms with E-state index in [4.69, 9.17) is 17.3 Å². The Labute approximate surface area is 120 Å². The fourth-order valence-corrected chi connectivity index (χ4v) is 3.70. The highest BCUT2D eigenvalue weighted by Gasteiger charge is 2.18. The third-order valence-corrected chi connectivity index (χ3v) is 4.98. The maximum Gasteiger partial charge on any atom is 0.242 e. The number of nitrogens with two attached hydrogens (primary N) is 1. The van der Waals surface area contributed by atoms with Crippen LogP contribution < -0.4 is 10.5 Å². The fraction of sp³-hybridized carbons (Fsp3) is 0.182. The lowest BCUT2D eigenvalue weighted by molar-refractivity contribution is 0.582. The minimum atomic E-state index is -3.68. The van der Waals surface area contributed by atoms with Crippen LogP contribution in [0.15, 0.2) is 29.3 Å². The topological polar surface area (TPSA) is 85.1 Å². The number of rotatable bonds is 4. The van der Waals surface area contributed by atoms with Gasteiger partial charge in [0.05, 0.1) is 10.7 Å². The largest absolute Gasteiger partial charge is 0.398 e. The molecular weight excluding hydrogens is 306 g/mol. The zero-order valence-corrected chi connectivity index (χ0v) is 12.4. The van der Waals surface area contributed by atoms with Gasteiger partial charge in [0.2, 0.25) is 10.0 Å². The Kier molecular flexibility index (Phi) is 4.10. The molecule has 0 saturated heterocycles. The number of nitrogen functional groups attached to an aromatic ring is 1. The monoisotopic (exact) mass is 317 g/mol. The summed E-state index contributed by atoms with van der Waals surface area (Å²) in [5.74, 6) is 0. The number of sulfonamides is 1. The Morgan fingerprint density at radius 1 is 1.47 bits per heavy atom. The quantitative estimate of drug-likeness (QED) is 0.846. The molecule has 1 aromatic carbocycles. The second-order valence-electron chi connectivity index (χ2n) is 3.85. The minimum Gasteiger partial charge on any atom is -0.398 e. The molecule has 0 saturated carbocycles. The van der Waals surface area contributed by atoms with Crippen molar-refractivity contribution >= 4 is 38.6 Å². The molecule has 0 radical (unpaired) electrons. The Hall–Kier alpha value is -1.15. The summed E-state index contributed by atoms with van der Waals surface area (Å²) in [7, 11) is -3.68. The third kappa shape index (κ3) is 3.44. The molecule has 2 aromatic rings. The molecule has 0 unspecified atom stereocenters. The molecule has 0 fully saturated rings. The van der Waals surface area contributed by atoms with Crippen LogP contribution in [0, 0.1) is 6.92 Å². The normalized spacial score (nSPS) is 11.7. The molecule has 0 aliphatic heterocycles. The Balaban J connectivity index is 2.20. The molecule has 5 nitrogen and oxygen atoms in total. The Morgan fingerprint density at radius 2 is 2.21 bits per heavy atom. The number of benzene rings is 1. The first-order chi connectivity index (χ1) is 8.88. The summed E-state index contributed by atoms with van der Waals surface area (Å²) in [5.41, 5.74) is 5.83. The van der Waals surface area contributed by atoms with Crippen LogP contribution >= 0.6 is 22.9 Å². The molecule has 1 heterocycles. The van der Waals surface area contributed by atoms with Gasteiger partial charge in [-0.3, -0.25) is 0 Å². The van der Waals surface area contributed by atoms with E-state index in [1.807, 2.05) is 6.92 Å². The molecule has 2 rings (SSSR count). The van der Waals surface area contributed by atoms with Crippen LogP contribution in [0.3, 0.4) is 0 Å².